The number of ether oxygens (including phenoxy) is 1. The number of nitrogens with one attached hydrogen (secondary N) is 1. The highest BCUT2D eigenvalue weighted by atomic mass is 79.9. The molecule has 11 heavy (non-hydrogen) atoms. The molecule has 0 aliphatic carbocycles. The fourth-order valence-corrected chi connectivity index (χ4v) is 1.02. The second-order valence-electron chi connectivity index (χ2n) is 2.00. The highest BCUT2D eigenvalue weighted by Crippen LogP contribution is 1.99. The smallest absolute Gasteiger partial charge is 0.180 e. The summed E-state index contributed by atoms with van der Waals surface area (Å²) in [6, 6.07) is 0. The van der Waals surface area contributed by atoms with Crippen molar-refractivity contribution in [2.75, 3.05) is 11.9 Å². The maximum atomic E-state index is 7.23. The van der Waals surface area contributed by atoms with Gasteiger partial charge in [-0.05, 0) is 19.8 Å². The Morgan fingerprint density at radius 1 is 1.45 bits per heavy atom. The van der Waals surface area contributed by atoms with Crippen LogP contribution >= 0.6 is 28.3 Å². The van der Waals surface area contributed by atoms with Gasteiger partial charge in [-0.2, -0.15) is 0 Å². The Bertz CT molecular complexity index is 100. The van der Waals surface area contributed by atoms with E-state index < -0.39 is 0 Å². The second kappa shape index (κ2) is 10.2. The first-order valence-corrected chi connectivity index (χ1v) is 4.69. The summed E-state index contributed by atoms with van der Waals surface area (Å²) in [5, 5.41) is 8.25. The highest BCUT2D eigenvalue weighted by Gasteiger charge is 1.94. The molecule has 68 valence electrons. The molecule has 0 atom stereocenters. The van der Waals surface area contributed by atoms with Crippen LogP contribution in [-0.2, 0) is 4.74 Å². The molecule has 0 bridgehead atoms. The fourth-order valence-electron chi connectivity index (χ4n) is 0.626. The van der Waals surface area contributed by atoms with Crippen LogP contribution in [0.15, 0.2) is 0 Å². The third-order valence-electron chi connectivity index (χ3n) is 1.11. The zero-order valence-electron chi connectivity index (χ0n) is 6.73. The third kappa shape index (κ3) is 10.2. The monoisotopic (exact) mass is 243 g/mol. The molecule has 1 N–H and O–H groups in total. The zero-order chi connectivity index (χ0) is 7.82. The van der Waals surface area contributed by atoms with E-state index in [1.165, 1.54) is 0 Å². The summed E-state index contributed by atoms with van der Waals surface area (Å²) in [5.41, 5.74) is 0. The number of unbranched alkanes of at least 4 members (excludes halogenated alkanes) is 1. The van der Waals surface area contributed by atoms with Gasteiger partial charge in [-0.25, -0.2) is 0 Å². The molecule has 2 nitrogen and oxygen atoms in total. The minimum atomic E-state index is 0. The normalized spacial score (nSPS) is 8.55. The number of hydrogen-bond acceptors (Lipinski definition) is 2. The van der Waals surface area contributed by atoms with E-state index >= 15 is 0 Å². The van der Waals surface area contributed by atoms with Crippen molar-refractivity contribution in [1.82, 2.24) is 0 Å². The van der Waals surface area contributed by atoms with Crippen LogP contribution in [0.25, 0.3) is 0 Å². The molecule has 0 aromatic rings. The standard InChI is InChI=1S/C7H14BrNO.ClH/c1-2-10-7(9)5-3-4-6-8;/h9H,2-6H2,1H3;1H. The van der Waals surface area contributed by atoms with Crippen molar-refractivity contribution >= 4 is 34.2 Å². The largest absolute Gasteiger partial charge is 0.481 e. The van der Waals surface area contributed by atoms with Crippen LogP contribution in [-0.4, -0.2) is 17.8 Å². The van der Waals surface area contributed by atoms with Gasteiger partial charge in [-0.3, -0.25) is 5.41 Å². The Hall–Kier alpha value is 0.240. The Balaban J connectivity index is 0. The third-order valence-corrected chi connectivity index (χ3v) is 1.67. The SMILES string of the molecule is CCOC(=N)CCCCBr.Cl. The maximum absolute atomic E-state index is 7.23. The van der Waals surface area contributed by atoms with Gasteiger partial charge in [0.1, 0.15) is 0 Å². The van der Waals surface area contributed by atoms with Gasteiger partial charge in [0.15, 0.2) is 5.90 Å². The van der Waals surface area contributed by atoms with Gasteiger partial charge in [0, 0.05) is 11.8 Å². The molecule has 0 amide bonds. The maximum Gasteiger partial charge on any atom is 0.180 e. The average molecular weight is 245 g/mol. The van der Waals surface area contributed by atoms with Crippen LogP contribution in [0.2, 0.25) is 0 Å². The van der Waals surface area contributed by atoms with E-state index in [0.29, 0.717) is 12.5 Å². The Morgan fingerprint density at radius 3 is 2.55 bits per heavy atom. The highest BCUT2D eigenvalue weighted by molar-refractivity contribution is 9.09. The topological polar surface area (TPSA) is 33.1 Å². The predicted molar refractivity (Wildman–Crippen MR) is 54.2 cm³/mol. The summed E-state index contributed by atoms with van der Waals surface area (Å²) in [4.78, 5) is 0. The first-order chi connectivity index (χ1) is 4.81. The lowest BCUT2D eigenvalue weighted by Crippen LogP contribution is -2.02. The first-order valence-electron chi connectivity index (χ1n) is 3.57. The van der Waals surface area contributed by atoms with E-state index in [0.717, 1.165) is 24.6 Å². The summed E-state index contributed by atoms with van der Waals surface area (Å²) in [6.45, 7) is 2.52. The molecule has 0 fully saturated rings. The van der Waals surface area contributed by atoms with Crippen LogP contribution in [0.3, 0.4) is 0 Å². The van der Waals surface area contributed by atoms with Crippen LogP contribution < -0.4 is 0 Å². The predicted octanol–water partition coefficient (Wildman–Crippen LogP) is 2.99. The van der Waals surface area contributed by atoms with Crippen molar-refractivity contribution < 1.29 is 4.74 Å². The Labute approximate surface area is 82.7 Å². The molecule has 0 saturated carbocycles. The summed E-state index contributed by atoms with van der Waals surface area (Å²) in [5.74, 6) is 0.420. The molecule has 0 heterocycles. The molecule has 0 radical (unpaired) electrons. The summed E-state index contributed by atoms with van der Waals surface area (Å²) >= 11 is 3.33. The molecule has 0 rings (SSSR count). The van der Waals surface area contributed by atoms with Crippen molar-refractivity contribution in [1.29, 1.82) is 5.41 Å². The van der Waals surface area contributed by atoms with Crippen molar-refractivity contribution in [3.63, 3.8) is 0 Å². The molecule has 4 heteroatoms. The van der Waals surface area contributed by atoms with Crippen LogP contribution in [0, 0.1) is 5.41 Å². The van der Waals surface area contributed by atoms with Gasteiger partial charge in [0.05, 0.1) is 6.61 Å². The number of rotatable bonds is 5. The number of halogens is 2. The number of hydrogen-bond donors (Lipinski definition) is 1. The van der Waals surface area contributed by atoms with E-state index in [4.69, 9.17) is 10.1 Å². The minimum Gasteiger partial charge on any atom is -0.481 e. The molecular weight excluding hydrogens is 229 g/mol. The van der Waals surface area contributed by atoms with Gasteiger partial charge in [-0.1, -0.05) is 15.9 Å². The lowest BCUT2D eigenvalue weighted by molar-refractivity contribution is 0.313. The summed E-state index contributed by atoms with van der Waals surface area (Å²) < 4.78 is 4.96. The molecule has 0 aliphatic heterocycles. The average Bonchev–Trinajstić information content (AvgIpc) is 1.89. The van der Waals surface area contributed by atoms with Crippen molar-refractivity contribution in [3.8, 4) is 0 Å². The van der Waals surface area contributed by atoms with E-state index in [1.807, 2.05) is 6.92 Å². The van der Waals surface area contributed by atoms with Crippen molar-refractivity contribution in [2.24, 2.45) is 0 Å². The van der Waals surface area contributed by atoms with Gasteiger partial charge in [0.25, 0.3) is 0 Å². The zero-order valence-corrected chi connectivity index (χ0v) is 9.13. The summed E-state index contributed by atoms with van der Waals surface area (Å²) in [6.07, 6.45) is 2.94. The van der Waals surface area contributed by atoms with E-state index in [1.54, 1.807) is 0 Å². The van der Waals surface area contributed by atoms with Crippen molar-refractivity contribution in [3.05, 3.63) is 0 Å². The van der Waals surface area contributed by atoms with Crippen LogP contribution in [0.1, 0.15) is 26.2 Å². The van der Waals surface area contributed by atoms with E-state index in [9.17, 15) is 0 Å². The minimum absolute atomic E-state index is 0. The molecule has 0 unspecified atom stereocenters. The number of alkyl halides is 1. The molecule has 0 spiro atoms. The second-order valence-corrected chi connectivity index (χ2v) is 2.80. The molecule has 0 saturated heterocycles. The van der Waals surface area contributed by atoms with Crippen molar-refractivity contribution in [2.45, 2.75) is 26.2 Å². The molecule has 0 aromatic carbocycles. The first kappa shape index (κ1) is 13.8. The van der Waals surface area contributed by atoms with E-state index in [-0.39, 0.29) is 12.4 Å². The van der Waals surface area contributed by atoms with Crippen LogP contribution in [0.4, 0.5) is 0 Å². The summed E-state index contributed by atoms with van der Waals surface area (Å²) in [7, 11) is 0. The van der Waals surface area contributed by atoms with E-state index in [2.05, 4.69) is 15.9 Å². The van der Waals surface area contributed by atoms with Gasteiger partial charge < -0.3 is 4.74 Å². The molecule has 0 aliphatic rings. The van der Waals surface area contributed by atoms with Gasteiger partial charge in [-0.15, -0.1) is 12.4 Å². The van der Waals surface area contributed by atoms with Gasteiger partial charge >= 0.3 is 0 Å². The fraction of sp³-hybridized carbons (Fsp3) is 0.857. The van der Waals surface area contributed by atoms with Gasteiger partial charge in [0.2, 0.25) is 0 Å². The molecule has 0 aromatic heterocycles. The lowest BCUT2D eigenvalue weighted by Gasteiger charge is -2.02. The lowest BCUT2D eigenvalue weighted by atomic mass is 10.2. The quantitative estimate of drug-likeness (QED) is 0.343. The van der Waals surface area contributed by atoms with Crippen LogP contribution in [0.5, 0.6) is 0 Å². The molecular formula is C7H15BrClNO. The Kier molecular flexibility index (Phi) is 12.9. The Morgan fingerprint density at radius 2 is 2.09 bits per heavy atom.